The lowest BCUT2D eigenvalue weighted by molar-refractivity contribution is 0.0963. The molecule has 4 rings (SSSR count). The van der Waals surface area contributed by atoms with E-state index < -0.39 is 0 Å². The molecule has 1 aromatic carbocycles. The van der Waals surface area contributed by atoms with Crippen LogP contribution in [0.3, 0.4) is 0 Å². The largest absolute Gasteiger partial charge is 0.369 e. The van der Waals surface area contributed by atoms with Gasteiger partial charge in [0.15, 0.2) is 0 Å². The smallest absolute Gasteiger partial charge is 0.252 e. The van der Waals surface area contributed by atoms with Gasteiger partial charge in [-0.1, -0.05) is 29.3 Å². The molecule has 0 bridgehead atoms. The zero-order valence-corrected chi connectivity index (χ0v) is 18.2. The summed E-state index contributed by atoms with van der Waals surface area (Å²) in [5.41, 5.74) is 3.99. The molecule has 3 aromatic rings. The summed E-state index contributed by atoms with van der Waals surface area (Å²) < 4.78 is 1.84. The predicted octanol–water partition coefficient (Wildman–Crippen LogP) is 4.40. The molecule has 6 nitrogen and oxygen atoms in total. The number of aromatic nitrogens is 3. The number of carbonyl (C=O) groups excluding carboxylic acids is 1. The van der Waals surface area contributed by atoms with E-state index in [1.165, 1.54) is 0 Å². The number of benzene rings is 1. The molecule has 0 saturated heterocycles. The number of nitrogens with one attached hydrogen (secondary N) is 2. The fourth-order valence-electron chi connectivity index (χ4n) is 3.39. The number of carbonyl (C=O) groups is 1. The van der Waals surface area contributed by atoms with Crippen molar-refractivity contribution in [1.29, 1.82) is 0 Å². The Labute approximate surface area is 183 Å². The van der Waals surface area contributed by atoms with Crippen molar-refractivity contribution in [2.45, 2.75) is 5.25 Å². The number of rotatable bonds is 3. The molecule has 0 spiro atoms. The third-order valence-electron chi connectivity index (χ3n) is 4.77. The van der Waals surface area contributed by atoms with Crippen LogP contribution in [0.4, 0.5) is 5.82 Å². The quantitative estimate of drug-likeness (QED) is 0.622. The van der Waals surface area contributed by atoms with Crippen molar-refractivity contribution in [3.8, 4) is 11.4 Å². The van der Waals surface area contributed by atoms with Crippen LogP contribution in [0.5, 0.6) is 0 Å². The molecule has 1 amide bonds. The fraction of sp³-hybridized carbons (Fsp3) is 0.250. The van der Waals surface area contributed by atoms with Crippen LogP contribution in [0, 0.1) is 0 Å². The lowest BCUT2D eigenvalue weighted by atomic mass is 10.0. The van der Waals surface area contributed by atoms with Crippen LogP contribution in [-0.4, -0.2) is 40.0 Å². The average Bonchev–Trinajstić information content (AvgIpc) is 2.89. The van der Waals surface area contributed by atoms with Gasteiger partial charge in [0.2, 0.25) is 0 Å². The molecule has 2 N–H and O–H groups in total. The zero-order chi connectivity index (χ0) is 20.5. The fourth-order valence-corrected chi connectivity index (χ4v) is 5.20. The number of hydrogen-bond acceptors (Lipinski definition) is 5. The summed E-state index contributed by atoms with van der Waals surface area (Å²) in [5.74, 6) is 1.69. The van der Waals surface area contributed by atoms with Crippen LogP contribution >= 0.6 is 35.0 Å². The summed E-state index contributed by atoms with van der Waals surface area (Å²) in [4.78, 5) is 16.3. The van der Waals surface area contributed by atoms with Crippen molar-refractivity contribution in [2.24, 2.45) is 7.05 Å². The molecular weight excluding hydrogens is 429 g/mol. The number of halogens is 2. The van der Waals surface area contributed by atoms with Gasteiger partial charge in [-0.05, 0) is 29.8 Å². The third-order valence-corrected chi connectivity index (χ3v) is 6.59. The first kappa shape index (κ1) is 20.1. The highest BCUT2D eigenvalue weighted by atomic mass is 35.5. The van der Waals surface area contributed by atoms with Crippen molar-refractivity contribution in [3.05, 3.63) is 63.3 Å². The molecule has 1 aliphatic rings. The molecule has 0 saturated carbocycles. The van der Waals surface area contributed by atoms with Crippen LogP contribution in [0.1, 0.15) is 26.7 Å². The van der Waals surface area contributed by atoms with E-state index in [-0.39, 0.29) is 11.2 Å². The van der Waals surface area contributed by atoms with E-state index in [2.05, 4.69) is 15.6 Å². The monoisotopic (exact) mass is 447 g/mol. The molecule has 9 heteroatoms. The van der Waals surface area contributed by atoms with Gasteiger partial charge in [-0.3, -0.25) is 14.5 Å². The van der Waals surface area contributed by atoms with Crippen molar-refractivity contribution in [1.82, 2.24) is 20.1 Å². The standard InChI is InChI=1S/C20H19Cl2N5OS/c1-23-20(28)11-3-6-15(25-10-11)17-16-18(13-5-4-12(21)9-14(13)22)29-8-7-24-19(16)27(2)26-17/h3-6,9-10,18,24H,7-8H2,1-2H3,(H,23,28). The second-order valence-electron chi connectivity index (χ2n) is 6.59. The Kier molecular flexibility index (Phi) is 5.72. The Balaban J connectivity index is 1.85. The van der Waals surface area contributed by atoms with Gasteiger partial charge >= 0.3 is 0 Å². The molecule has 1 aliphatic heterocycles. The Hall–Kier alpha value is -2.22. The Morgan fingerprint density at radius 2 is 2.14 bits per heavy atom. The van der Waals surface area contributed by atoms with Gasteiger partial charge in [-0.2, -0.15) is 5.10 Å². The summed E-state index contributed by atoms with van der Waals surface area (Å²) in [7, 11) is 3.50. The van der Waals surface area contributed by atoms with Crippen LogP contribution in [0.15, 0.2) is 36.5 Å². The lowest BCUT2D eigenvalue weighted by Gasteiger charge is -2.18. The highest BCUT2D eigenvalue weighted by Crippen LogP contribution is 2.47. The van der Waals surface area contributed by atoms with Gasteiger partial charge in [0.25, 0.3) is 5.91 Å². The molecule has 29 heavy (non-hydrogen) atoms. The summed E-state index contributed by atoms with van der Waals surface area (Å²) in [5, 5.41) is 12.0. The molecule has 0 radical (unpaired) electrons. The van der Waals surface area contributed by atoms with E-state index in [9.17, 15) is 4.79 Å². The number of amides is 1. The second kappa shape index (κ2) is 8.26. The minimum absolute atomic E-state index is 0.0196. The van der Waals surface area contributed by atoms with E-state index >= 15 is 0 Å². The molecular formula is C20H19Cl2N5OS. The van der Waals surface area contributed by atoms with Crippen molar-refractivity contribution < 1.29 is 4.79 Å². The van der Waals surface area contributed by atoms with Crippen LogP contribution in [0.2, 0.25) is 10.0 Å². The summed E-state index contributed by atoms with van der Waals surface area (Å²) >= 11 is 14.5. The van der Waals surface area contributed by atoms with Gasteiger partial charge < -0.3 is 10.6 Å². The topological polar surface area (TPSA) is 71.8 Å². The van der Waals surface area contributed by atoms with E-state index in [4.69, 9.17) is 28.3 Å². The van der Waals surface area contributed by atoms with E-state index in [0.29, 0.717) is 21.3 Å². The van der Waals surface area contributed by atoms with E-state index in [1.807, 2.05) is 29.9 Å². The Morgan fingerprint density at radius 1 is 1.31 bits per heavy atom. The van der Waals surface area contributed by atoms with E-state index in [1.54, 1.807) is 37.1 Å². The summed E-state index contributed by atoms with van der Waals surface area (Å²) in [6, 6.07) is 9.17. The number of hydrogen-bond donors (Lipinski definition) is 2. The Morgan fingerprint density at radius 3 is 2.83 bits per heavy atom. The molecule has 1 unspecified atom stereocenters. The van der Waals surface area contributed by atoms with Gasteiger partial charge in [0, 0.05) is 48.2 Å². The number of anilines is 1. The predicted molar refractivity (Wildman–Crippen MR) is 119 cm³/mol. The molecule has 3 heterocycles. The molecule has 1 atom stereocenters. The molecule has 2 aromatic heterocycles. The summed E-state index contributed by atoms with van der Waals surface area (Å²) in [6.45, 7) is 0.821. The highest BCUT2D eigenvalue weighted by Gasteiger charge is 2.30. The van der Waals surface area contributed by atoms with Gasteiger partial charge in [-0.15, -0.1) is 11.8 Å². The van der Waals surface area contributed by atoms with Crippen LogP contribution < -0.4 is 10.6 Å². The highest BCUT2D eigenvalue weighted by molar-refractivity contribution is 7.99. The van der Waals surface area contributed by atoms with Gasteiger partial charge in [0.1, 0.15) is 11.5 Å². The number of aryl methyl sites for hydroxylation is 1. The van der Waals surface area contributed by atoms with E-state index in [0.717, 1.165) is 34.9 Å². The number of nitrogens with zero attached hydrogens (tertiary/aromatic N) is 3. The number of pyridine rings is 1. The number of thioether (sulfide) groups is 1. The Bertz CT molecular complexity index is 1070. The first-order chi connectivity index (χ1) is 14.0. The van der Waals surface area contributed by atoms with Gasteiger partial charge in [0.05, 0.1) is 16.5 Å². The van der Waals surface area contributed by atoms with Crippen molar-refractivity contribution in [3.63, 3.8) is 0 Å². The maximum absolute atomic E-state index is 11.8. The molecule has 0 fully saturated rings. The SMILES string of the molecule is CNC(=O)c1ccc(-c2nn(C)c3c2C(c2ccc(Cl)cc2Cl)SCCN3)nc1. The van der Waals surface area contributed by atoms with Crippen LogP contribution in [0.25, 0.3) is 11.4 Å². The minimum Gasteiger partial charge on any atom is -0.369 e. The number of fused-ring (bicyclic) bond motifs is 1. The first-order valence-corrected chi connectivity index (χ1v) is 10.9. The molecule has 150 valence electrons. The van der Waals surface area contributed by atoms with Gasteiger partial charge in [-0.25, -0.2) is 0 Å². The first-order valence-electron chi connectivity index (χ1n) is 9.05. The second-order valence-corrected chi connectivity index (χ2v) is 8.65. The minimum atomic E-state index is -0.174. The lowest BCUT2D eigenvalue weighted by Crippen LogP contribution is -2.17. The maximum atomic E-state index is 11.8. The van der Waals surface area contributed by atoms with Crippen molar-refractivity contribution >= 4 is 46.7 Å². The third kappa shape index (κ3) is 3.82. The maximum Gasteiger partial charge on any atom is 0.252 e. The normalized spacial score (nSPS) is 15.9. The molecule has 0 aliphatic carbocycles. The van der Waals surface area contributed by atoms with Crippen molar-refractivity contribution in [2.75, 3.05) is 24.7 Å². The summed E-state index contributed by atoms with van der Waals surface area (Å²) in [6.07, 6.45) is 1.57. The average molecular weight is 448 g/mol. The zero-order valence-electron chi connectivity index (χ0n) is 15.9. The van der Waals surface area contributed by atoms with Crippen LogP contribution in [-0.2, 0) is 7.05 Å².